The van der Waals surface area contributed by atoms with Crippen LogP contribution in [0.15, 0.2) is 194 Å². The largest absolute Gasteiger partial charge is 0.867 e. The van der Waals surface area contributed by atoms with Crippen molar-refractivity contribution in [2.75, 3.05) is 36.0 Å². The maximum Gasteiger partial charge on any atom is 0.239 e. The first-order chi connectivity index (χ1) is 30.3. The fourth-order valence-corrected chi connectivity index (χ4v) is 9.46. The molecule has 2 aromatic heterocycles. The van der Waals surface area contributed by atoms with Gasteiger partial charge in [0.25, 0.3) is 0 Å². The summed E-state index contributed by atoms with van der Waals surface area (Å²) in [6, 6.07) is 69.9. The van der Waals surface area contributed by atoms with Gasteiger partial charge in [-0.25, -0.2) is 0 Å². The Balaban J connectivity index is 0.000000191. The highest BCUT2D eigenvalue weighted by molar-refractivity contribution is 7.18. The lowest BCUT2D eigenvalue weighted by atomic mass is 10.0. The second-order valence-corrected chi connectivity index (χ2v) is 16.5. The van der Waals surface area contributed by atoms with Gasteiger partial charge in [-0.05, 0) is 123 Å². The summed E-state index contributed by atoms with van der Waals surface area (Å²) in [5, 5.41) is 16.6. The molecule has 0 aliphatic heterocycles. The van der Waals surface area contributed by atoms with E-state index in [2.05, 4.69) is 232 Å². The van der Waals surface area contributed by atoms with E-state index in [0.29, 0.717) is 0 Å². The first kappa shape index (κ1) is 45.5. The monoisotopic (exact) mass is 854 g/mol. The van der Waals surface area contributed by atoms with E-state index in [1.165, 1.54) is 75.4 Å². The zero-order valence-electron chi connectivity index (χ0n) is 35.8. The fraction of sp³-hybridized carbons (Fsp3) is 0.148. The molecule has 0 aliphatic rings. The first-order valence-corrected chi connectivity index (χ1v) is 22.8. The lowest BCUT2D eigenvalue weighted by Gasteiger charge is -2.21. The Hall–Kier alpha value is -6.03. The zero-order chi connectivity index (χ0) is 43.7. The van der Waals surface area contributed by atoms with Crippen LogP contribution in [-0.4, -0.2) is 33.6 Å². The second-order valence-electron chi connectivity index (χ2n) is 14.3. The van der Waals surface area contributed by atoms with Crippen LogP contribution in [0.5, 0.6) is 0 Å². The molecular formula is C54H52BFN2O2S2. The number of nitrogens with zero attached hydrogens (tertiary/aromatic N) is 2. The van der Waals surface area contributed by atoms with Crippen molar-refractivity contribution in [2.45, 2.75) is 27.7 Å². The zero-order valence-corrected chi connectivity index (χ0v) is 37.4. The molecule has 0 radical (unpaired) electrons. The highest BCUT2D eigenvalue weighted by Gasteiger charge is 2.21. The van der Waals surface area contributed by atoms with Gasteiger partial charge in [0.1, 0.15) is 7.40 Å². The van der Waals surface area contributed by atoms with Gasteiger partial charge in [0.15, 0.2) is 0 Å². The van der Waals surface area contributed by atoms with Gasteiger partial charge in [0, 0.05) is 84.1 Å². The summed E-state index contributed by atoms with van der Waals surface area (Å²) >= 11 is 3.69. The van der Waals surface area contributed by atoms with Crippen LogP contribution < -0.4 is 19.8 Å². The third-order valence-electron chi connectivity index (χ3n) is 10.5. The Labute approximate surface area is 375 Å². The van der Waals surface area contributed by atoms with Gasteiger partial charge >= 0.3 is 0 Å². The Bertz CT molecular complexity index is 2240. The summed E-state index contributed by atoms with van der Waals surface area (Å²) in [6.45, 7) is 12.9. The molecule has 0 N–H and O–H groups in total. The molecule has 0 fully saturated rings. The molecule has 0 saturated heterocycles. The van der Waals surface area contributed by atoms with E-state index in [-0.39, 0.29) is 0 Å². The molecule has 8 aromatic rings. The van der Waals surface area contributed by atoms with Crippen LogP contribution >= 0.6 is 22.7 Å². The van der Waals surface area contributed by atoms with Crippen molar-refractivity contribution in [3.8, 4) is 64.0 Å². The molecule has 0 atom stereocenters. The summed E-state index contributed by atoms with van der Waals surface area (Å²) < 4.78 is 9.89. The Kier molecular flexibility index (Phi) is 17.1. The Morgan fingerprint density at radius 2 is 0.581 bits per heavy atom. The van der Waals surface area contributed by atoms with Crippen LogP contribution in [0.25, 0.3) is 64.0 Å². The van der Waals surface area contributed by atoms with Crippen LogP contribution in [0, 0.1) is 0 Å². The van der Waals surface area contributed by atoms with Crippen LogP contribution in [0.3, 0.4) is 0 Å². The second kappa shape index (κ2) is 23.3. The van der Waals surface area contributed by atoms with E-state index in [9.17, 15) is 4.32 Å². The van der Waals surface area contributed by atoms with E-state index in [1.54, 1.807) is 0 Å². The van der Waals surface area contributed by atoms with Gasteiger partial charge in [-0.2, -0.15) is 0 Å². The van der Waals surface area contributed by atoms with Gasteiger partial charge < -0.3 is 24.2 Å². The van der Waals surface area contributed by atoms with Gasteiger partial charge in [0.05, 0.1) is 0 Å². The van der Waals surface area contributed by atoms with Gasteiger partial charge in [-0.3, -0.25) is 0 Å². The van der Waals surface area contributed by atoms with Crippen molar-refractivity contribution >= 4 is 41.4 Å². The molecule has 0 amide bonds. The van der Waals surface area contributed by atoms with Gasteiger partial charge in [-0.1, -0.05) is 97.1 Å². The fourth-order valence-electron chi connectivity index (χ4n) is 7.22. The third-order valence-corrected chi connectivity index (χ3v) is 12.8. The molecule has 2 heterocycles. The topological polar surface area (TPSA) is 52.6 Å². The van der Waals surface area contributed by atoms with Crippen LogP contribution in [-0.2, 0) is 0 Å². The van der Waals surface area contributed by atoms with Crippen LogP contribution in [0.2, 0.25) is 0 Å². The normalized spacial score (nSPS) is 10.4. The molecular weight excluding hydrogens is 803 g/mol. The molecule has 0 bridgehead atoms. The minimum absolute atomic E-state index is 1.03. The lowest BCUT2D eigenvalue weighted by Crippen LogP contribution is -2.39. The maximum absolute atomic E-state index is 9.89. The number of rotatable bonds is 12. The van der Waals surface area contributed by atoms with Crippen LogP contribution in [0.4, 0.5) is 15.7 Å². The molecule has 8 heteroatoms. The van der Waals surface area contributed by atoms with E-state index < -0.39 is 7.40 Å². The summed E-state index contributed by atoms with van der Waals surface area (Å²) in [5.74, 6) is 0. The van der Waals surface area contributed by atoms with E-state index in [0.717, 1.165) is 26.2 Å². The average molecular weight is 855 g/mol. The first-order valence-electron chi connectivity index (χ1n) is 21.1. The number of anilines is 2. The van der Waals surface area contributed by atoms with Crippen molar-refractivity contribution in [2.24, 2.45) is 0 Å². The molecule has 312 valence electrons. The minimum Gasteiger partial charge on any atom is -0.867 e. The van der Waals surface area contributed by atoms with E-state index in [4.69, 9.17) is 10.0 Å². The van der Waals surface area contributed by atoms with Crippen molar-refractivity contribution in [1.82, 2.24) is 0 Å². The molecule has 6 aromatic carbocycles. The molecule has 0 saturated carbocycles. The summed E-state index contributed by atoms with van der Waals surface area (Å²) in [5.41, 5.74) is 12.6. The quantitative estimate of drug-likeness (QED) is 0.0907. The molecule has 0 aliphatic carbocycles. The van der Waals surface area contributed by atoms with Crippen molar-refractivity contribution in [3.05, 3.63) is 194 Å². The summed E-state index contributed by atoms with van der Waals surface area (Å²) in [6.07, 6.45) is 0. The SMILES string of the molecule is CCN(CC)c1ccc(-c2cc(-c3ccccc3)[s+]c(-c3ccccc3)c2)cc1.CCN(CC)c1ccc(-c2cc(-c3ccccc3)[s+]c(-c3ccccc3)c2)cc1.[O-]B([O-])F. The number of benzene rings is 6. The third kappa shape index (κ3) is 12.5. The predicted molar refractivity (Wildman–Crippen MR) is 264 cm³/mol. The predicted octanol–water partition coefficient (Wildman–Crippen LogP) is 13.4. The number of hydrogen-bond donors (Lipinski definition) is 0. The average Bonchev–Trinajstić information content (AvgIpc) is 3.33. The Morgan fingerprint density at radius 3 is 0.790 bits per heavy atom. The molecule has 4 nitrogen and oxygen atoms in total. The Morgan fingerprint density at radius 1 is 0.355 bits per heavy atom. The minimum atomic E-state index is -3.17. The van der Waals surface area contributed by atoms with Gasteiger partial charge in [0.2, 0.25) is 42.2 Å². The van der Waals surface area contributed by atoms with Crippen LogP contribution in [0.1, 0.15) is 27.7 Å². The number of hydrogen-bond acceptors (Lipinski definition) is 4. The van der Waals surface area contributed by atoms with Crippen molar-refractivity contribution in [3.63, 3.8) is 0 Å². The van der Waals surface area contributed by atoms with Gasteiger partial charge in [-0.15, -0.1) is 0 Å². The standard InChI is InChI=1S/2C27H26NS.BFO2/c2*1-3-28(4-2)25-17-15-21(16-18-25)24-19-26(22-11-7-5-8-12-22)29-27(20-24)23-13-9-6-10-14-23;2-1(3)4/h2*5-20H,3-4H2,1-2H3;/q2*+1;-2. The van der Waals surface area contributed by atoms with Crippen molar-refractivity contribution < 1.29 is 14.4 Å². The highest BCUT2D eigenvalue weighted by Crippen LogP contribution is 2.39. The maximum atomic E-state index is 9.89. The van der Waals surface area contributed by atoms with E-state index >= 15 is 0 Å². The highest BCUT2D eigenvalue weighted by atomic mass is 32.1. The molecule has 8 rings (SSSR count). The molecule has 0 spiro atoms. The summed E-state index contributed by atoms with van der Waals surface area (Å²) in [7, 11) is -3.17. The van der Waals surface area contributed by atoms with E-state index in [1.807, 2.05) is 22.7 Å². The number of halogens is 1. The summed E-state index contributed by atoms with van der Waals surface area (Å²) in [4.78, 5) is 9.90. The lowest BCUT2D eigenvalue weighted by molar-refractivity contribution is -0.366. The molecule has 62 heavy (non-hydrogen) atoms. The smallest absolute Gasteiger partial charge is 0.239 e. The molecule has 0 unspecified atom stereocenters. The van der Waals surface area contributed by atoms with Crippen molar-refractivity contribution in [1.29, 1.82) is 0 Å².